The molecule has 1 aromatic heterocycles. The normalized spacial score (nSPS) is 30.7. The summed E-state index contributed by atoms with van der Waals surface area (Å²) in [5.41, 5.74) is 0. The summed E-state index contributed by atoms with van der Waals surface area (Å²) in [5, 5.41) is 7.11. The Hall–Kier alpha value is -1.47. The predicted molar refractivity (Wildman–Crippen MR) is 70.2 cm³/mol. The molecule has 3 unspecified atom stereocenters. The van der Waals surface area contributed by atoms with E-state index in [9.17, 15) is 4.79 Å². The lowest BCUT2D eigenvalue weighted by atomic mass is 10.2. The summed E-state index contributed by atoms with van der Waals surface area (Å²) in [6.45, 7) is 6.00. The van der Waals surface area contributed by atoms with Gasteiger partial charge in [-0.05, 0) is 33.2 Å². The minimum Gasteiger partial charge on any atom is -0.372 e. The van der Waals surface area contributed by atoms with Crippen LogP contribution in [-0.2, 0) is 4.74 Å². The van der Waals surface area contributed by atoms with Crippen LogP contribution in [0, 0.1) is 0 Å². The molecule has 0 saturated carbocycles. The van der Waals surface area contributed by atoms with E-state index in [0.29, 0.717) is 19.0 Å². The van der Waals surface area contributed by atoms with E-state index in [-0.39, 0.29) is 30.0 Å². The van der Waals surface area contributed by atoms with E-state index in [2.05, 4.69) is 15.5 Å². The van der Waals surface area contributed by atoms with Gasteiger partial charge in [-0.2, -0.15) is 4.98 Å². The second kappa shape index (κ2) is 5.49. The molecule has 2 fully saturated rings. The van der Waals surface area contributed by atoms with Crippen LogP contribution in [0.15, 0.2) is 4.52 Å². The average molecular weight is 280 g/mol. The third-order valence-corrected chi connectivity index (χ3v) is 3.70. The average Bonchev–Trinajstić information content (AvgIpc) is 3.07. The molecule has 2 aliphatic rings. The molecule has 110 valence electrons. The molecule has 20 heavy (non-hydrogen) atoms. The quantitative estimate of drug-likeness (QED) is 0.860. The topological polar surface area (TPSA) is 80.5 Å². The Morgan fingerprint density at radius 1 is 1.35 bits per heavy atom. The van der Waals surface area contributed by atoms with Gasteiger partial charge in [0, 0.05) is 13.1 Å². The first kappa shape index (κ1) is 13.5. The molecule has 0 bridgehead atoms. The number of ether oxygens (including phenoxy) is 1. The third kappa shape index (κ3) is 2.69. The van der Waals surface area contributed by atoms with E-state index >= 15 is 0 Å². The van der Waals surface area contributed by atoms with Crippen molar-refractivity contribution in [3.05, 3.63) is 11.7 Å². The maximum atomic E-state index is 12.4. The minimum absolute atomic E-state index is 0.0329. The van der Waals surface area contributed by atoms with Crippen molar-refractivity contribution in [2.24, 2.45) is 0 Å². The smallest absolute Gasteiger partial charge is 0.295 e. The highest BCUT2D eigenvalue weighted by molar-refractivity contribution is 5.90. The minimum atomic E-state index is -0.181. The van der Waals surface area contributed by atoms with Crippen LogP contribution in [0.4, 0.5) is 0 Å². The molecule has 7 heteroatoms. The summed E-state index contributed by atoms with van der Waals surface area (Å²) >= 11 is 0. The van der Waals surface area contributed by atoms with Gasteiger partial charge in [-0.3, -0.25) is 4.79 Å². The van der Waals surface area contributed by atoms with Crippen LogP contribution in [0.25, 0.3) is 0 Å². The van der Waals surface area contributed by atoms with Gasteiger partial charge in [-0.25, -0.2) is 0 Å². The molecule has 7 nitrogen and oxygen atoms in total. The number of morpholine rings is 1. The van der Waals surface area contributed by atoms with Gasteiger partial charge in [0.2, 0.25) is 5.89 Å². The summed E-state index contributed by atoms with van der Waals surface area (Å²) < 4.78 is 10.8. The Morgan fingerprint density at radius 2 is 2.10 bits per heavy atom. The number of nitrogens with one attached hydrogen (secondary N) is 1. The largest absolute Gasteiger partial charge is 0.372 e. The Kier molecular flexibility index (Phi) is 3.71. The van der Waals surface area contributed by atoms with Gasteiger partial charge in [-0.15, -0.1) is 0 Å². The zero-order valence-corrected chi connectivity index (χ0v) is 11.8. The third-order valence-electron chi connectivity index (χ3n) is 3.70. The lowest BCUT2D eigenvalue weighted by Crippen LogP contribution is -2.48. The molecular weight excluding hydrogens is 260 g/mol. The molecule has 1 amide bonds. The second-order valence-corrected chi connectivity index (χ2v) is 5.57. The highest BCUT2D eigenvalue weighted by Crippen LogP contribution is 2.21. The number of carbonyl (C=O) groups excluding carboxylic acids is 1. The van der Waals surface area contributed by atoms with E-state index in [1.165, 1.54) is 0 Å². The fourth-order valence-electron chi connectivity index (χ4n) is 2.84. The highest BCUT2D eigenvalue weighted by Gasteiger charge is 2.30. The monoisotopic (exact) mass is 280 g/mol. The molecule has 0 spiro atoms. The SMILES string of the molecule is CC1CN(C(=O)c2noc(C3CCCN3)n2)CC(C)O1. The van der Waals surface area contributed by atoms with E-state index < -0.39 is 0 Å². The van der Waals surface area contributed by atoms with Crippen molar-refractivity contribution in [2.75, 3.05) is 19.6 Å². The number of nitrogens with zero attached hydrogens (tertiary/aromatic N) is 3. The molecule has 3 heterocycles. The van der Waals surface area contributed by atoms with Crippen molar-refractivity contribution in [1.82, 2.24) is 20.4 Å². The zero-order valence-electron chi connectivity index (χ0n) is 11.8. The van der Waals surface area contributed by atoms with Crippen LogP contribution < -0.4 is 5.32 Å². The fraction of sp³-hybridized carbons (Fsp3) is 0.769. The second-order valence-electron chi connectivity index (χ2n) is 5.57. The maximum Gasteiger partial charge on any atom is 0.295 e. The van der Waals surface area contributed by atoms with Crippen LogP contribution in [0.3, 0.4) is 0 Å². The molecule has 0 radical (unpaired) electrons. The Balaban J connectivity index is 1.70. The van der Waals surface area contributed by atoms with Crippen molar-refractivity contribution in [1.29, 1.82) is 0 Å². The summed E-state index contributed by atoms with van der Waals surface area (Å²) in [7, 11) is 0. The fourth-order valence-corrected chi connectivity index (χ4v) is 2.84. The standard InChI is InChI=1S/C13H20N4O3/c1-8-6-17(7-9(2)19-8)13(18)11-15-12(20-16-11)10-4-3-5-14-10/h8-10,14H,3-7H2,1-2H3. The van der Waals surface area contributed by atoms with Gasteiger partial charge in [-0.1, -0.05) is 5.16 Å². The number of amides is 1. The van der Waals surface area contributed by atoms with Crippen molar-refractivity contribution in [3.8, 4) is 0 Å². The van der Waals surface area contributed by atoms with Gasteiger partial charge in [0.05, 0.1) is 18.2 Å². The Bertz CT molecular complexity index is 474. The Labute approximate surface area is 117 Å². The summed E-state index contributed by atoms with van der Waals surface area (Å²) in [6.07, 6.45) is 2.13. The van der Waals surface area contributed by atoms with Crippen molar-refractivity contribution in [3.63, 3.8) is 0 Å². The van der Waals surface area contributed by atoms with E-state index in [4.69, 9.17) is 9.26 Å². The van der Waals surface area contributed by atoms with Crippen LogP contribution >= 0.6 is 0 Å². The number of hydrogen-bond acceptors (Lipinski definition) is 6. The number of aromatic nitrogens is 2. The first-order valence-corrected chi connectivity index (χ1v) is 7.15. The van der Waals surface area contributed by atoms with Gasteiger partial charge < -0.3 is 19.5 Å². The summed E-state index contributed by atoms with van der Waals surface area (Å²) in [6, 6.07) is 0.0894. The van der Waals surface area contributed by atoms with Gasteiger partial charge >= 0.3 is 0 Å². The summed E-state index contributed by atoms with van der Waals surface area (Å²) in [4.78, 5) is 18.4. The molecule has 0 aromatic carbocycles. The predicted octanol–water partition coefficient (Wildman–Crippen LogP) is 0.743. The van der Waals surface area contributed by atoms with Crippen molar-refractivity contribution >= 4 is 5.91 Å². The molecule has 2 aliphatic heterocycles. The molecular formula is C13H20N4O3. The maximum absolute atomic E-state index is 12.4. The Morgan fingerprint density at radius 3 is 2.75 bits per heavy atom. The number of rotatable bonds is 2. The van der Waals surface area contributed by atoms with Crippen LogP contribution in [0.1, 0.15) is 49.2 Å². The lowest BCUT2D eigenvalue weighted by Gasteiger charge is -2.34. The first-order valence-electron chi connectivity index (χ1n) is 7.15. The molecule has 0 aliphatic carbocycles. The van der Waals surface area contributed by atoms with Crippen LogP contribution in [0.5, 0.6) is 0 Å². The van der Waals surface area contributed by atoms with E-state index in [1.807, 2.05) is 13.8 Å². The molecule has 3 rings (SSSR count). The summed E-state index contributed by atoms with van der Waals surface area (Å²) in [5.74, 6) is 0.482. The highest BCUT2D eigenvalue weighted by atomic mass is 16.5. The van der Waals surface area contributed by atoms with Crippen molar-refractivity contribution < 1.29 is 14.1 Å². The molecule has 2 saturated heterocycles. The lowest BCUT2D eigenvalue weighted by molar-refractivity contribution is -0.0589. The molecule has 3 atom stereocenters. The van der Waals surface area contributed by atoms with Gasteiger partial charge in [0.25, 0.3) is 11.7 Å². The van der Waals surface area contributed by atoms with Gasteiger partial charge in [0.15, 0.2) is 0 Å². The number of hydrogen-bond donors (Lipinski definition) is 1. The van der Waals surface area contributed by atoms with Crippen molar-refractivity contribution in [2.45, 2.75) is 44.9 Å². The number of carbonyl (C=O) groups is 1. The van der Waals surface area contributed by atoms with E-state index in [0.717, 1.165) is 19.4 Å². The zero-order chi connectivity index (χ0) is 14.1. The molecule has 1 N–H and O–H groups in total. The van der Waals surface area contributed by atoms with Gasteiger partial charge in [0.1, 0.15) is 0 Å². The van der Waals surface area contributed by atoms with Crippen LogP contribution in [0.2, 0.25) is 0 Å². The van der Waals surface area contributed by atoms with Crippen LogP contribution in [-0.4, -0.2) is 52.8 Å². The van der Waals surface area contributed by atoms with E-state index in [1.54, 1.807) is 4.90 Å². The molecule has 1 aromatic rings. The first-order chi connectivity index (χ1) is 9.63.